The van der Waals surface area contributed by atoms with E-state index < -0.39 is 0 Å². The highest BCUT2D eigenvalue weighted by Gasteiger charge is 2.05. The Morgan fingerprint density at radius 3 is 2.72 bits per heavy atom. The Hall–Kier alpha value is -2.20. The van der Waals surface area contributed by atoms with Crippen LogP contribution < -0.4 is 4.74 Å². The van der Waals surface area contributed by atoms with Crippen molar-refractivity contribution in [2.75, 3.05) is 0 Å². The molecule has 0 saturated heterocycles. The maximum Gasteiger partial charge on any atom is 0.257 e. The highest BCUT2D eigenvalue weighted by atomic mass is 35.5. The minimum Gasteiger partial charge on any atom is -0.436 e. The van der Waals surface area contributed by atoms with Crippen LogP contribution in [0, 0.1) is 0 Å². The van der Waals surface area contributed by atoms with E-state index in [2.05, 4.69) is 15.0 Å². The number of aromatic nitrogens is 3. The molecule has 0 unspecified atom stereocenters. The van der Waals surface area contributed by atoms with E-state index in [9.17, 15) is 0 Å². The molecule has 0 bridgehead atoms. The maximum atomic E-state index is 5.88. The van der Waals surface area contributed by atoms with Gasteiger partial charge in [0.15, 0.2) is 5.15 Å². The number of ether oxygens (including phenoxy) is 1. The number of nitrogens with zero attached hydrogens (tertiary/aromatic N) is 3. The predicted molar refractivity (Wildman–Crippen MR) is 68.9 cm³/mol. The average molecular weight is 258 g/mol. The summed E-state index contributed by atoms with van der Waals surface area (Å²) in [6.45, 7) is 0. The quantitative estimate of drug-likeness (QED) is 0.705. The van der Waals surface area contributed by atoms with Crippen LogP contribution in [0.3, 0.4) is 0 Å². The van der Waals surface area contributed by atoms with E-state index in [0.717, 1.165) is 10.9 Å². The second-order valence-corrected chi connectivity index (χ2v) is 3.97. The number of hydrogen-bond donors (Lipinski definition) is 0. The molecule has 4 nitrogen and oxygen atoms in total. The van der Waals surface area contributed by atoms with Crippen LogP contribution in [0.5, 0.6) is 11.6 Å². The first kappa shape index (κ1) is 10.9. The van der Waals surface area contributed by atoms with Crippen LogP contribution in [0.2, 0.25) is 5.15 Å². The largest absolute Gasteiger partial charge is 0.436 e. The molecular formula is C13H8ClN3O. The lowest BCUT2D eigenvalue weighted by atomic mass is 10.2. The van der Waals surface area contributed by atoms with Crippen LogP contribution in [0.4, 0.5) is 0 Å². The van der Waals surface area contributed by atoms with Gasteiger partial charge in [-0.2, -0.15) is 0 Å². The topological polar surface area (TPSA) is 47.9 Å². The second-order valence-electron chi connectivity index (χ2n) is 3.61. The summed E-state index contributed by atoms with van der Waals surface area (Å²) in [7, 11) is 0. The lowest BCUT2D eigenvalue weighted by molar-refractivity contribution is 0.461. The Bertz CT molecular complexity index is 702. The fourth-order valence-corrected chi connectivity index (χ4v) is 1.74. The van der Waals surface area contributed by atoms with Crippen molar-refractivity contribution in [2.24, 2.45) is 0 Å². The van der Waals surface area contributed by atoms with Crippen LogP contribution in [0.1, 0.15) is 0 Å². The molecule has 0 radical (unpaired) electrons. The molecule has 0 spiro atoms. The Morgan fingerprint density at radius 1 is 0.944 bits per heavy atom. The van der Waals surface area contributed by atoms with Crippen molar-refractivity contribution in [3.63, 3.8) is 0 Å². The fraction of sp³-hybridized carbons (Fsp3) is 0. The number of halogens is 1. The first-order chi connectivity index (χ1) is 8.83. The minimum atomic E-state index is 0.235. The maximum absolute atomic E-state index is 5.88. The Kier molecular flexibility index (Phi) is 2.78. The minimum absolute atomic E-state index is 0.235. The predicted octanol–water partition coefficient (Wildman–Crippen LogP) is 3.47. The van der Waals surface area contributed by atoms with Gasteiger partial charge in [-0.3, -0.25) is 4.98 Å². The van der Waals surface area contributed by atoms with Crippen LogP contribution in [0.15, 0.2) is 48.9 Å². The van der Waals surface area contributed by atoms with Gasteiger partial charge in [0, 0.05) is 30.0 Å². The van der Waals surface area contributed by atoms with E-state index in [0.29, 0.717) is 5.75 Å². The normalized spacial score (nSPS) is 10.5. The summed E-state index contributed by atoms with van der Waals surface area (Å²) in [5, 5.41) is 1.29. The van der Waals surface area contributed by atoms with Crippen molar-refractivity contribution in [1.82, 2.24) is 15.0 Å². The molecule has 0 aliphatic rings. The van der Waals surface area contributed by atoms with Gasteiger partial charge < -0.3 is 4.74 Å². The molecule has 0 fully saturated rings. The monoisotopic (exact) mass is 257 g/mol. The number of rotatable bonds is 2. The van der Waals surface area contributed by atoms with Gasteiger partial charge in [0.25, 0.3) is 5.88 Å². The molecule has 0 N–H and O–H groups in total. The molecule has 2 aromatic heterocycles. The molecule has 18 heavy (non-hydrogen) atoms. The van der Waals surface area contributed by atoms with Gasteiger partial charge in [0.2, 0.25) is 0 Å². The van der Waals surface area contributed by atoms with Crippen molar-refractivity contribution in [2.45, 2.75) is 0 Å². The Morgan fingerprint density at radius 2 is 1.83 bits per heavy atom. The molecule has 88 valence electrons. The van der Waals surface area contributed by atoms with Gasteiger partial charge in [0.1, 0.15) is 5.75 Å². The van der Waals surface area contributed by atoms with E-state index in [4.69, 9.17) is 16.3 Å². The molecular weight excluding hydrogens is 250 g/mol. The molecule has 1 aromatic carbocycles. The lowest BCUT2D eigenvalue weighted by Gasteiger charge is -2.05. The second kappa shape index (κ2) is 4.58. The molecule has 0 aliphatic heterocycles. The lowest BCUT2D eigenvalue weighted by Crippen LogP contribution is -1.90. The van der Waals surface area contributed by atoms with Crippen molar-refractivity contribution in [1.29, 1.82) is 0 Å². The van der Waals surface area contributed by atoms with Crippen LogP contribution in [-0.4, -0.2) is 15.0 Å². The molecule has 3 aromatic rings. The van der Waals surface area contributed by atoms with E-state index in [1.54, 1.807) is 6.20 Å². The third-order valence-corrected chi connectivity index (χ3v) is 2.67. The van der Waals surface area contributed by atoms with Gasteiger partial charge in [-0.1, -0.05) is 17.7 Å². The number of fused-ring (bicyclic) bond motifs is 1. The van der Waals surface area contributed by atoms with E-state index in [1.165, 1.54) is 12.4 Å². The highest BCUT2D eigenvalue weighted by Crippen LogP contribution is 2.26. The van der Waals surface area contributed by atoms with Gasteiger partial charge in [-0.15, -0.1) is 0 Å². The first-order valence-electron chi connectivity index (χ1n) is 5.32. The molecule has 0 saturated carbocycles. The van der Waals surface area contributed by atoms with E-state index in [1.807, 2.05) is 30.3 Å². The molecule has 2 heterocycles. The summed E-state index contributed by atoms with van der Waals surface area (Å²) in [6, 6.07) is 9.49. The van der Waals surface area contributed by atoms with Gasteiger partial charge >= 0.3 is 0 Å². The third kappa shape index (κ3) is 2.10. The summed E-state index contributed by atoms with van der Waals surface area (Å²) in [6.07, 6.45) is 4.78. The Balaban J connectivity index is 1.98. The molecule has 0 atom stereocenters. The van der Waals surface area contributed by atoms with Gasteiger partial charge in [0.05, 0.1) is 5.52 Å². The average Bonchev–Trinajstić information content (AvgIpc) is 2.41. The van der Waals surface area contributed by atoms with E-state index >= 15 is 0 Å². The fourth-order valence-electron chi connectivity index (χ4n) is 1.60. The molecule has 0 amide bonds. The van der Waals surface area contributed by atoms with Crippen LogP contribution >= 0.6 is 11.6 Å². The molecule has 0 aliphatic carbocycles. The first-order valence-corrected chi connectivity index (χ1v) is 5.70. The number of hydrogen-bond acceptors (Lipinski definition) is 4. The zero-order valence-electron chi connectivity index (χ0n) is 9.25. The zero-order valence-corrected chi connectivity index (χ0v) is 10.0. The van der Waals surface area contributed by atoms with Crippen molar-refractivity contribution in [3.8, 4) is 11.6 Å². The highest BCUT2D eigenvalue weighted by molar-refractivity contribution is 6.30. The summed E-state index contributed by atoms with van der Waals surface area (Å²) in [5.74, 6) is 0.915. The molecule has 5 heteroatoms. The summed E-state index contributed by atoms with van der Waals surface area (Å²) >= 11 is 5.88. The van der Waals surface area contributed by atoms with Gasteiger partial charge in [-0.25, -0.2) is 9.97 Å². The number of pyridine rings is 1. The Labute approximate surface area is 108 Å². The van der Waals surface area contributed by atoms with Crippen molar-refractivity contribution >= 4 is 22.5 Å². The standard InChI is InChI=1S/C13H8ClN3O/c14-12-13(17-7-6-16-12)18-10-4-3-9-2-1-5-15-11(9)8-10/h1-8H. The number of benzene rings is 1. The zero-order chi connectivity index (χ0) is 12.4. The molecule has 3 rings (SSSR count). The van der Waals surface area contributed by atoms with Crippen LogP contribution in [0.25, 0.3) is 10.9 Å². The SMILES string of the molecule is Clc1nccnc1Oc1ccc2cccnc2c1. The van der Waals surface area contributed by atoms with Crippen LogP contribution in [-0.2, 0) is 0 Å². The third-order valence-electron chi connectivity index (χ3n) is 2.41. The van der Waals surface area contributed by atoms with Gasteiger partial charge in [-0.05, 0) is 18.2 Å². The van der Waals surface area contributed by atoms with Crippen molar-refractivity contribution in [3.05, 3.63) is 54.1 Å². The smallest absolute Gasteiger partial charge is 0.257 e. The summed E-state index contributed by atoms with van der Waals surface area (Å²) < 4.78 is 5.57. The van der Waals surface area contributed by atoms with Crippen molar-refractivity contribution < 1.29 is 4.74 Å². The summed E-state index contributed by atoms with van der Waals surface area (Å²) in [5.41, 5.74) is 0.856. The van der Waals surface area contributed by atoms with E-state index in [-0.39, 0.29) is 11.0 Å². The summed E-state index contributed by atoms with van der Waals surface area (Å²) in [4.78, 5) is 12.2.